The summed E-state index contributed by atoms with van der Waals surface area (Å²) >= 11 is 0. The third kappa shape index (κ3) is 0.993. The van der Waals surface area contributed by atoms with Gasteiger partial charge in [0.15, 0.2) is 0 Å². The molecule has 1 N–H and O–H groups in total. The third-order valence-corrected chi connectivity index (χ3v) is 3.67. The molecule has 0 aliphatic heterocycles. The highest BCUT2D eigenvalue weighted by molar-refractivity contribution is 5.35. The highest BCUT2D eigenvalue weighted by Gasteiger charge is 2.54. The van der Waals surface area contributed by atoms with Gasteiger partial charge in [0.05, 0.1) is 11.2 Å². The van der Waals surface area contributed by atoms with Crippen molar-refractivity contribution in [1.29, 1.82) is 0 Å². The van der Waals surface area contributed by atoms with Gasteiger partial charge in [0, 0.05) is 0 Å². The summed E-state index contributed by atoms with van der Waals surface area (Å²) in [6, 6.07) is 0. The van der Waals surface area contributed by atoms with E-state index < -0.39 is 0 Å². The Morgan fingerprint density at radius 3 is 2.69 bits per heavy atom. The lowest BCUT2D eigenvalue weighted by atomic mass is 9.63. The standard InChI is InChI=1S/C12H18O/c1-8(2)7-12-9(3)4-5-10(12)6-11(12)13/h6-7,9-10,13H,4-5H2,1-3H3/t9-,10-,12-/m0/s1. The molecule has 0 aromatic heterocycles. The first-order valence-electron chi connectivity index (χ1n) is 5.14. The quantitative estimate of drug-likeness (QED) is 0.610. The molecule has 0 bridgehead atoms. The van der Waals surface area contributed by atoms with E-state index in [0.29, 0.717) is 17.6 Å². The van der Waals surface area contributed by atoms with Crippen LogP contribution in [0.4, 0.5) is 0 Å². The van der Waals surface area contributed by atoms with Gasteiger partial charge in [0.1, 0.15) is 0 Å². The van der Waals surface area contributed by atoms with Gasteiger partial charge in [-0.1, -0.05) is 18.6 Å². The zero-order chi connectivity index (χ0) is 9.64. The lowest BCUT2D eigenvalue weighted by molar-refractivity contribution is 0.149. The van der Waals surface area contributed by atoms with E-state index in [-0.39, 0.29) is 5.41 Å². The number of hydrogen-bond acceptors (Lipinski definition) is 1. The first-order valence-corrected chi connectivity index (χ1v) is 5.14. The molecule has 3 atom stereocenters. The molecule has 1 heteroatoms. The molecule has 0 radical (unpaired) electrons. The molecule has 0 spiro atoms. The average molecular weight is 178 g/mol. The van der Waals surface area contributed by atoms with E-state index in [1.54, 1.807) is 0 Å². The molecule has 2 rings (SSSR count). The van der Waals surface area contributed by atoms with Gasteiger partial charge in [-0.3, -0.25) is 0 Å². The van der Waals surface area contributed by atoms with Crippen LogP contribution in [0.3, 0.4) is 0 Å². The largest absolute Gasteiger partial charge is 0.512 e. The molecule has 0 amide bonds. The SMILES string of the molecule is CC(C)=C[C@@]12C(O)=C[C@@H]1CC[C@@H]2C. The van der Waals surface area contributed by atoms with Crippen molar-refractivity contribution in [2.45, 2.75) is 33.6 Å². The summed E-state index contributed by atoms with van der Waals surface area (Å²) in [6.07, 6.45) is 6.79. The molecule has 2 aliphatic carbocycles. The Balaban J connectivity index is 2.38. The molecule has 0 aromatic carbocycles. The predicted octanol–water partition coefficient (Wildman–Crippen LogP) is 3.44. The summed E-state index contributed by atoms with van der Waals surface area (Å²) in [5.41, 5.74) is 1.34. The molecule has 0 aromatic rings. The van der Waals surface area contributed by atoms with Crippen molar-refractivity contribution in [1.82, 2.24) is 0 Å². The summed E-state index contributed by atoms with van der Waals surface area (Å²) in [6.45, 7) is 6.48. The summed E-state index contributed by atoms with van der Waals surface area (Å²) in [4.78, 5) is 0. The second kappa shape index (κ2) is 2.63. The molecule has 13 heavy (non-hydrogen) atoms. The Bertz CT molecular complexity index is 283. The maximum atomic E-state index is 9.80. The van der Waals surface area contributed by atoms with Crippen molar-refractivity contribution >= 4 is 0 Å². The number of rotatable bonds is 1. The Morgan fingerprint density at radius 2 is 2.23 bits per heavy atom. The maximum absolute atomic E-state index is 9.80. The molecule has 1 nitrogen and oxygen atoms in total. The zero-order valence-electron chi connectivity index (χ0n) is 8.67. The molecular formula is C12H18O. The van der Waals surface area contributed by atoms with Crippen molar-refractivity contribution < 1.29 is 5.11 Å². The smallest absolute Gasteiger partial charge is 0.0994 e. The van der Waals surface area contributed by atoms with Gasteiger partial charge in [-0.05, 0) is 44.6 Å². The van der Waals surface area contributed by atoms with Crippen LogP contribution in [-0.4, -0.2) is 5.11 Å². The van der Waals surface area contributed by atoms with Gasteiger partial charge >= 0.3 is 0 Å². The van der Waals surface area contributed by atoms with Crippen LogP contribution in [0.5, 0.6) is 0 Å². The van der Waals surface area contributed by atoms with E-state index in [1.807, 2.05) is 6.08 Å². The monoisotopic (exact) mass is 178 g/mol. The minimum atomic E-state index is 0.0266. The van der Waals surface area contributed by atoms with Crippen LogP contribution < -0.4 is 0 Å². The van der Waals surface area contributed by atoms with Crippen LogP contribution in [-0.2, 0) is 0 Å². The number of aliphatic hydroxyl groups is 1. The van der Waals surface area contributed by atoms with Crippen LogP contribution in [0.1, 0.15) is 33.6 Å². The average Bonchev–Trinajstić information content (AvgIpc) is 2.27. The molecular weight excluding hydrogens is 160 g/mol. The van der Waals surface area contributed by atoms with Crippen LogP contribution in [0, 0.1) is 17.3 Å². The third-order valence-electron chi connectivity index (χ3n) is 3.67. The number of fused-ring (bicyclic) bond motifs is 1. The molecule has 2 aliphatic rings. The first kappa shape index (κ1) is 8.86. The summed E-state index contributed by atoms with van der Waals surface area (Å²) in [5, 5.41) is 9.80. The lowest BCUT2D eigenvalue weighted by Crippen LogP contribution is -2.38. The Hall–Kier alpha value is -0.720. The summed E-state index contributed by atoms with van der Waals surface area (Å²) < 4.78 is 0. The van der Waals surface area contributed by atoms with Gasteiger partial charge in [-0.15, -0.1) is 0 Å². The molecule has 1 saturated carbocycles. The highest BCUT2D eigenvalue weighted by atomic mass is 16.3. The van der Waals surface area contributed by atoms with Crippen molar-refractivity contribution in [3.8, 4) is 0 Å². The van der Waals surface area contributed by atoms with Gasteiger partial charge in [-0.25, -0.2) is 0 Å². The zero-order valence-corrected chi connectivity index (χ0v) is 8.67. The first-order chi connectivity index (χ1) is 6.07. The van der Waals surface area contributed by atoms with Crippen molar-refractivity contribution in [2.75, 3.05) is 0 Å². The van der Waals surface area contributed by atoms with E-state index in [0.717, 1.165) is 0 Å². The fraction of sp³-hybridized carbons (Fsp3) is 0.667. The van der Waals surface area contributed by atoms with E-state index >= 15 is 0 Å². The van der Waals surface area contributed by atoms with E-state index in [9.17, 15) is 5.11 Å². The highest BCUT2D eigenvalue weighted by Crippen LogP contribution is 2.60. The van der Waals surface area contributed by atoms with Crippen molar-refractivity contribution in [3.63, 3.8) is 0 Å². The van der Waals surface area contributed by atoms with Gasteiger partial charge in [-0.2, -0.15) is 0 Å². The molecule has 72 valence electrons. The normalized spacial score (nSPS) is 41.9. The summed E-state index contributed by atoms with van der Waals surface area (Å²) in [5.74, 6) is 1.83. The topological polar surface area (TPSA) is 20.2 Å². The van der Waals surface area contributed by atoms with Gasteiger partial charge in [0.25, 0.3) is 0 Å². The lowest BCUT2D eigenvalue weighted by Gasteiger charge is -2.42. The van der Waals surface area contributed by atoms with Gasteiger partial charge in [0.2, 0.25) is 0 Å². The second-order valence-electron chi connectivity index (χ2n) is 4.79. The fourth-order valence-corrected chi connectivity index (χ4v) is 2.98. The van der Waals surface area contributed by atoms with Crippen molar-refractivity contribution in [3.05, 3.63) is 23.5 Å². The second-order valence-corrected chi connectivity index (χ2v) is 4.79. The summed E-state index contributed by atoms with van der Waals surface area (Å²) in [7, 11) is 0. The van der Waals surface area contributed by atoms with E-state index in [1.165, 1.54) is 18.4 Å². The molecule has 1 fully saturated rings. The maximum Gasteiger partial charge on any atom is 0.0994 e. The van der Waals surface area contributed by atoms with Crippen LogP contribution in [0.15, 0.2) is 23.5 Å². The molecule has 0 unspecified atom stereocenters. The number of aliphatic hydroxyl groups excluding tert-OH is 1. The van der Waals surface area contributed by atoms with E-state index in [2.05, 4.69) is 26.8 Å². The fourth-order valence-electron chi connectivity index (χ4n) is 2.98. The van der Waals surface area contributed by atoms with Crippen LogP contribution >= 0.6 is 0 Å². The number of allylic oxidation sites excluding steroid dienone is 3. The minimum absolute atomic E-state index is 0.0266. The van der Waals surface area contributed by atoms with E-state index in [4.69, 9.17) is 0 Å². The molecule has 0 saturated heterocycles. The Labute approximate surface area is 80.2 Å². The van der Waals surface area contributed by atoms with Crippen molar-refractivity contribution in [2.24, 2.45) is 17.3 Å². The minimum Gasteiger partial charge on any atom is -0.512 e. The van der Waals surface area contributed by atoms with Crippen LogP contribution in [0.2, 0.25) is 0 Å². The molecule has 0 heterocycles. The van der Waals surface area contributed by atoms with Gasteiger partial charge < -0.3 is 5.11 Å². The van der Waals surface area contributed by atoms with Crippen LogP contribution in [0.25, 0.3) is 0 Å². The predicted molar refractivity (Wildman–Crippen MR) is 54.5 cm³/mol. The Morgan fingerprint density at radius 1 is 1.54 bits per heavy atom. The number of hydrogen-bond donors (Lipinski definition) is 1. The Kier molecular flexibility index (Phi) is 1.79.